The normalized spacial score (nSPS) is 16.4. The van der Waals surface area contributed by atoms with Gasteiger partial charge in [0.15, 0.2) is 0 Å². The van der Waals surface area contributed by atoms with E-state index in [9.17, 15) is 38.7 Å². The number of rotatable bonds is 36. The smallest absolute Gasteiger partial charge is 0.326 e. The molecule has 0 bridgehead atoms. The molecule has 1 aliphatic rings. The Morgan fingerprint density at radius 1 is 0.625 bits per heavy atom. The van der Waals surface area contributed by atoms with E-state index in [1.54, 1.807) is 0 Å². The van der Waals surface area contributed by atoms with Gasteiger partial charge in [-0.15, -0.1) is 12.6 Å². The van der Waals surface area contributed by atoms with Gasteiger partial charge in [-0.25, -0.2) is 4.79 Å². The summed E-state index contributed by atoms with van der Waals surface area (Å²) in [5.74, 6) is -2.57. The molecule has 0 aromatic rings. The van der Waals surface area contributed by atoms with Gasteiger partial charge in [0.2, 0.25) is 28.7 Å². The van der Waals surface area contributed by atoms with Crippen molar-refractivity contribution in [2.45, 2.75) is 185 Å². The molecule has 1 saturated heterocycles. The first-order valence-corrected chi connectivity index (χ1v) is 21.8. The zero-order valence-electron chi connectivity index (χ0n) is 33.3. The van der Waals surface area contributed by atoms with E-state index in [1.165, 1.54) is 19.3 Å². The summed E-state index contributed by atoms with van der Waals surface area (Å²) in [4.78, 5) is 82.7. The van der Waals surface area contributed by atoms with Gasteiger partial charge in [-0.05, 0) is 64.2 Å². The maximum absolute atomic E-state index is 12.3. The van der Waals surface area contributed by atoms with Gasteiger partial charge in [0.25, 0.3) is 0 Å². The molecule has 0 radical (unpaired) electrons. The molecule has 0 aromatic carbocycles. The van der Waals surface area contributed by atoms with Crippen molar-refractivity contribution in [2.75, 3.05) is 19.6 Å². The van der Waals surface area contributed by atoms with E-state index in [2.05, 4.69) is 56.7 Å². The van der Waals surface area contributed by atoms with Gasteiger partial charge in [0.1, 0.15) is 6.04 Å². The minimum absolute atomic E-state index is 0.00913. The number of carboxylic acids is 2. The molecule has 4 atom stereocenters. The topological polar surface area (TPSA) is 232 Å². The quantitative estimate of drug-likeness (QED) is 0.0315. The van der Waals surface area contributed by atoms with E-state index in [1.807, 2.05) is 0 Å². The van der Waals surface area contributed by atoms with E-state index in [0.717, 1.165) is 70.6 Å². The number of thiol groups is 2. The number of carboxylic acid groups (broad SMARTS) is 2. The third-order valence-corrected chi connectivity index (χ3v) is 10.6. The molecule has 56 heavy (non-hydrogen) atoms. The van der Waals surface area contributed by atoms with Crippen molar-refractivity contribution < 1.29 is 43.8 Å². The second kappa shape index (κ2) is 33.1. The number of hydrogen-bond donors (Lipinski definition) is 10. The van der Waals surface area contributed by atoms with Crippen LogP contribution in [-0.2, 0) is 33.6 Å². The van der Waals surface area contributed by atoms with Crippen LogP contribution in [0.4, 0.5) is 0 Å². The van der Waals surface area contributed by atoms with Crippen LogP contribution in [0.25, 0.3) is 0 Å². The van der Waals surface area contributed by atoms with Gasteiger partial charge >= 0.3 is 11.9 Å². The number of piperazine rings is 1. The molecule has 8 N–H and O–H groups in total. The van der Waals surface area contributed by atoms with E-state index < -0.39 is 24.0 Å². The number of aliphatic carboxylic acids is 2. The van der Waals surface area contributed by atoms with Crippen molar-refractivity contribution >= 4 is 66.1 Å². The highest BCUT2D eigenvalue weighted by atomic mass is 32.1. The minimum Gasteiger partial charge on any atom is -0.481 e. The maximum Gasteiger partial charge on any atom is 0.326 e. The molecule has 17 heteroatoms. The van der Waals surface area contributed by atoms with Crippen molar-refractivity contribution in [3.8, 4) is 0 Å². The van der Waals surface area contributed by atoms with Crippen LogP contribution in [0.1, 0.15) is 161 Å². The average molecular weight is 831 g/mol. The highest BCUT2D eigenvalue weighted by Gasteiger charge is 2.28. The molecule has 15 nitrogen and oxygen atoms in total. The Morgan fingerprint density at radius 2 is 1.12 bits per heavy atom. The van der Waals surface area contributed by atoms with Gasteiger partial charge in [-0.3, -0.25) is 33.5 Å². The zero-order valence-corrected chi connectivity index (χ0v) is 35.0. The van der Waals surface area contributed by atoms with Crippen LogP contribution in [0.3, 0.4) is 0 Å². The molecule has 0 spiro atoms. The van der Waals surface area contributed by atoms with Gasteiger partial charge in [-0.1, -0.05) is 83.4 Å². The highest BCUT2D eigenvalue weighted by Crippen LogP contribution is 2.14. The van der Waals surface area contributed by atoms with Crippen molar-refractivity contribution in [3.63, 3.8) is 0 Å². The van der Waals surface area contributed by atoms with Gasteiger partial charge < -0.3 is 36.8 Å². The van der Waals surface area contributed by atoms with Gasteiger partial charge in [0, 0.05) is 51.4 Å². The number of nitrogens with one attached hydrogen (secondary N) is 6. The SMILES string of the molecule is O=C(O)CCCCCCCCCCCCCCC(=O)NC(CCC(=O)NCCCCCC(=O)NCCCCC1NC(CCC(NS)C(=O)S)CNC1=O)C(=O)O. The van der Waals surface area contributed by atoms with Crippen LogP contribution < -0.4 is 31.3 Å². The summed E-state index contributed by atoms with van der Waals surface area (Å²) in [6.07, 6.45) is 18.8. The highest BCUT2D eigenvalue weighted by molar-refractivity contribution is 7.96. The molecule has 1 rings (SSSR count). The molecule has 4 amide bonds. The predicted octanol–water partition coefficient (Wildman–Crippen LogP) is 4.34. The Hall–Kier alpha value is -2.89. The number of unbranched alkanes of at least 4 members (excludes halogenated alkanes) is 14. The van der Waals surface area contributed by atoms with Crippen molar-refractivity contribution in [2.24, 2.45) is 0 Å². The molecule has 1 heterocycles. The lowest BCUT2D eigenvalue weighted by molar-refractivity contribution is -0.142. The van der Waals surface area contributed by atoms with Gasteiger partial charge in [-0.2, -0.15) is 0 Å². The lowest BCUT2D eigenvalue weighted by Crippen LogP contribution is -2.58. The number of hydrogen-bond acceptors (Lipinski definition) is 10. The fourth-order valence-electron chi connectivity index (χ4n) is 6.60. The zero-order chi connectivity index (χ0) is 41.4. The van der Waals surface area contributed by atoms with Crippen LogP contribution in [0.15, 0.2) is 0 Å². The molecule has 1 fully saturated rings. The van der Waals surface area contributed by atoms with Crippen LogP contribution in [0.5, 0.6) is 0 Å². The van der Waals surface area contributed by atoms with Gasteiger partial charge in [0.05, 0.1) is 12.1 Å². The molecule has 0 aliphatic carbocycles. The van der Waals surface area contributed by atoms with Crippen LogP contribution in [0, 0.1) is 0 Å². The predicted molar refractivity (Wildman–Crippen MR) is 222 cm³/mol. The van der Waals surface area contributed by atoms with Crippen molar-refractivity contribution in [1.82, 2.24) is 31.3 Å². The Bertz CT molecular complexity index is 1180. The van der Waals surface area contributed by atoms with Crippen LogP contribution >= 0.6 is 25.4 Å². The lowest BCUT2D eigenvalue weighted by atomic mass is 10.0. The second-order valence-corrected chi connectivity index (χ2v) is 15.6. The standard InChI is InChI=1S/C39H70N6O9S2/c46-33(40-27-17-15-18-30-37(51)42-28-29(43-30)22-23-32(45-56)39(54)55)19-13-11-16-26-41-34(47)25-24-31(38(52)53)44-35(48)20-12-9-7-5-3-1-2-4-6-8-10-14-21-36(49)50/h29-32,43,45,56H,1-28H2,(H,40,46)(H,41,47)(H,42,51)(H,44,48)(H,49,50)(H,52,53)(H,54,55). The fraction of sp³-hybridized carbons (Fsp3) is 0.821. The molecule has 1 aliphatic heterocycles. The van der Waals surface area contributed by atoms with Crippen LogP contribution in [0.2, 0.25) is 0 Å². The maximum atomic E-state index is 12.3. The van der Waals surface area contributed by atoms with E-state index in [-0.39, 0.29) is 66.5 Å². The number of amides is 4. The molecule has 0 saturated carbocycles. The minimum atomic E-state index is -1.16. The summed E-state index contributed by atoms with van der Waals surface area (Å²) in [5, 5.41) is 32.4. The summed E-state index contributed by atoms with van der Waals surface area (Å²) >= 11 is 7.83. The second-order valence-electron chi connectivity index (χ2n) is 14.9. The first-order valence-electron chi connectivity index (χ1n) is 20.9. The fourth-order valence-corrected chi connectivity index (χ4v) is 7.14. The summed E-state index contributed by atoms with van der Waals surface area (Å²) in [5.41, 5.74) is 0. The summed E-state index contributed by atoms with van der Waals surface area (Å²) < 4.78 is 2.65. The lowest BCUT2D eigenvalue weighted by Gasteiger charge is -2.31. The molecule has 4 unspecified atom stereocenters. The Balaban J connectivity index is 2.03. The number of carbonyl (C=O) groups excluding carboxylic acids is 5. The van der Waals surface area contributed by atoms with Crippen molar-refractivity contribution in [1.29, 1.82) is 0 Å². The summed E-state index contributed by atoms with van der Waals surface area (Å²) in [6.45, 7) is 1.44. The monoisotopic (exact) mass is 830 g/mol. The Labute approximate surface area is 344 Å². The van der Waals surface area contributed by atoms with E-state index >= 15 is 0 Å². The summed E-state index contributed by atoms with van der Waals surface area (Å²) in [7, 11) is 0. The Kier molecular flexibility index (Phi) is 30.2. The van der Waals surface area contributed by atoms with E-state index in [0.29, 0.717) is 64.6 Å². The summed E-state index contributed by atoms with van der Waals surface area (Å²) in [6, 6.07) is -1.83. The average Bonchev–Trinajstić information content (AvgIpc) is 3.15. The first kappa shape index (κ1) is 51.1. The van der Waals surface area contributed by atoms with Crippen molar-refractivity contribution in [3.05, 3.63) is 0 Å². The number of carbonyl (C=O) groups is 7. The van der Waals surface area contributed by atoms with Crippen LogP contribution in [-0.4, -0.2) is 94.7 Å². The van der Waals surface area contributed by atoms with E-state index in [4.69, 9.17) is 5.11 Å². The Morgan fingerprint density at radius 3 is 1.66 bits per heavy atom. The molecule has 0 aromatic heterocycles. The molecular formula is C39H70N6O9S2. The molecular weight excluding hydrogens is 761 g/mol. The first-order chi connectivity index (χ1) is 26.9. The molecule has 322 valence electrons. The third kappa shape index (κ3) is 27.7. The largest absolute Gasteiger partial charge is 0.481 e. The third-order valence-electron chi connectivity index (χ3n) is 10.0.